The highest BCUT2D eigenvalue weighted by Gasteiger charge is 2.41. The molecule has 7 heteroatoms. The summed E-state index contributed by atoms with van der Waals surface area (Å²) in [5.74, 6) is -0.553. The van der Waals surface area contributed by atoms with Crippen LogP contribution in [0.15, 0.2) is 30.9 Å². The Bertz CT molecular complexity index is 609. The number of halogens is 1. The lowest BCUT2D eigenvalue weighted by Crippen LogP contribution is -2.47. The number of pyridine rings is 1. The van der Waals surface area contributed by atoms with E-state index < -0.39 is 17.3 Å². The zero-order chi connectivity index (χ0) is 14.0. The SMILES string of the molecule is O=C(NC1(c2ncc[nH]2)CCOC1)c1ccncc1F. The third kappa shape index (κ3) is 2.16. The van der Waals surface area contributed by atoms with Gasteiger partial charge in [0, 0.05) is 31.6 Å². The molecule has 0 spiro atoms. The minimum atomic E-state index is -0.740. The van der Waals surface area contributed by atoms with E-state index in [4.69, 9.17) is 4.74 Å². The maximum absolute atomic E-state index is 13.6. The fraction of sp³-hybridized carbons (Fsp3) is 0.308. The van der Waals surface area contributed by atoms with E-state index in [9.17, 15) is 9.18 Å². The van der Waals surface area contributed by atoms with Crippen molar-refractivity contribution in [2.45, 2.75) is 12.0 Å². The number of aromatic amines is 1. The molecule has 1 atom stereocenters. The lowest BCUT2D eigenvalue weighted by Gasteiger charge is -2.26. The molecule has 3 rings (SSSR count). The Balaban J connectivity index is 1.88. The van der Waals surface area contributed by atoms with Gasteiger partial charge in [0.05, 0.1) is 18.4 Å². The molecule has 1 fully saturated rings. The Morgan fingerprint density at radius 1 is 1.50 bits per heavy atom. The van der Waals surface area contributed by atoms with Crippen LogP contribution < -0.4 is 5.32 Å². The lowest BCUT2D eigenvalue weighted by atomic mass is 9.97. The van der Waals surface area contributed by atoms with Gasteiger partial charge in [-0.15, -0.1) is 0 Å². The van der Waals surface area contributed by atoms with Gasteiger partial charge < -0.3 is 15.0 Å². The van der Waals surface area contributed by atoms with Crippen molar-refractivity contribution >= 4 is 5.91 Å². The Hall–Kier alpha value is -2.28. The van der Waals surface area contributed by atoms with Gasteiger partial charge in [0.25, 0.3) is 5.91 Å². The molecule has 2 aromatic heterocycles. The number of hydrogen-bond donors (Lipinski definition) is 2. The zero-order valence-electron chi connectivity index (χ0n) is 10.6. The minimum Gasteiger partial charge on any atom is -0.378 e. The second-order valence-corrected chi connectivity index (χ2v) is 4.63. The third-order valence-corrected chi connectivity index (χ3v) is 3.34. The molecule has 0 radical (unpaired) electrons. The van der Waals surface area contributed by atoms with Crippen molar-refractivity contribution in [3.63, 3.8) is 0 Å². The van der Waals surface area contributed by atoms with Crippen molar-refractivity contribution in [1.29, 1.82) is 0 Å². The van der Waals surface area contributed by atoms with Crippen LogP contribution >= 0.6 is 0 Å². The monoisotopic (exact) mass is 276 g/mol. The van der Waals surface area contributed by atoms with E-state index in [1.807, 2.05) is 0 Å². The Labute approximate surface area is 114 Å². The van der Waals surface area contributed by atoms with Crippen molar-refractivity contribution in [2.75, 3.05) is 13.2 Å². The highest BCUT2D eigenvalue weighted by molar-refractivity contribution is 5.94. The van der Waals surface area contributed by atoms with Crippen LogP contribution in [0.25, 0.3) is 0 Å². The predicted octanol–water partition coefficient (Wildman–Crippen LogP) is 0.989. The molecule has 0 saturated carbocycles. The highest BCUT2D eigenvalue weighted by atomic mass is 19.1. The first kappa shape index (κ1) is 12.7. The Morgan fingerprint density at radius 3 is 3.05 bits per heavy atom. The zero-order valence-corrected chi connectivity index (χ0v) is 10.6. The molecule has 1 amide bonds. The Kier molecular flexibility index (Phi) is 3.19. The van der Waals surface area contributed by atoms with Gasteiger partial charge in [0.1, 0.15) is 11.4 Å². The first-order chi connectivity index (χ1) is 9.71. The van der Waals surface area contributed by atoms with E-state index in [0.29, 0.717) is 25.5 Å². The number of rotatable bonds is 3. The fourth-order valence-corrected chi connectivity index (χ4v) is 2.28. The molecule has 20 heavy (non-hydrogen) atoms. The lowest BCUT2D eigenvalue weighted by molar-refractivity contribution is 0.0865. The predicted molar refractivity (Wildman–Crippen MR) is 67.4 cm³/mol. The Morgan fingerprint density at radius 2 is 2.40 bits per heavy atom. The van der Waals surface area contributed by atoms with Crippen molar-refractivity contribution in [3.8, 4) is 0 Å². The van der Waals surface area contributed by atoms with Gasteiger partial charge in [0.2, 0.25) is 0 Å². The summed E-state index contributed by atoms with van der Waals surface area (Å²) in [6, 6.07) is 1.34. The number of amides is 1. The van der Waals surface area contributed by atoms with Crippen LogP contribution in [0, 0.1) is 5.82 Å². The molecule has 1 unspecified atom stereocenters. The smallest absolute Gasteiger partial charge is 0.255 e. The summed E-state index contributed by atoms with van der Waals surface area (Å²) in [5, 5.41) is 2.83. The van der Waals surface area contributed by atoms with E-state index in [1.165, 1.54) is 12.3 Å². The van der Waals surface area contributed by atoms with Crippen LogP contribution in [0.1, 0.15) is 22.6 Å². The van der Waals surface area contributed by atoms with Gasteiger partial charge in [-0.1, -0.05) is 0 Å². The van der Waals surface area contributed by atoms with E-state index in [-0.39, 0.29) is 5.56 Å². The molecular weight excluding hydrogens is 263 g/mol. The molecule has 3 heterocycles. The van der Waals surface area contributed by atoms with Crippen molar-refractivity contribution in [1.82, 2.24) is 20.3 Å². The summed E-state index contributed by atoms with van der Waals surface area (Å²) in [4.78, 5) is 23.0. The first-order valence-corrected chi connectivity index (χ1v) is 6.21. The summed E-state index contributed by atoms with van der Waals surface area (Å²) in [6.45, 7) is 0.818. The number of nitrogens with zero attached hydrogens (tertiary/aromatic N) is 2. The number of carbonyl (C=O) groups excluding carboxylic acids is 1. The quantitative estimate of drug-likeness (QED) is 0.876. The number of imidazole rings is 1. The van der Waals surface area contributed by atoms with Gasteiger partial charge in [-0.25, -0.2) is 9.37 Å². The topological polar surface area (TPSA) is 79.9 Å². The number of carbonyl (C=O) groups is 1. The number of ether oxygens (including phenoxy) is 1. The number of hydrogen-bond acceptors (Lipinski definition) is 4. The first-order valence-electron chi connectivity index (χ1n) is 6.21. The molecule has 6 nitrogen and oxygen atoms in total. The van der Waals surface area contributed by atoms with E-state index in [1.54, 1.807) is 12.4 Å². The molecular formula is C13H13FN4O2. The normalized spacial score (nSPS) is 21.9. The van der Waals surface area contributed by atoms with Gasteiger partial charge in [-0.3, -0.25) is 9.78 Å². The average Bonchev–Trinajstić information content (AvgIpc) is 3.10. The molecule has 2 N–H and O–H groups in total. The summed E-state index contributed by atoms with van der Waals surface area (Å²) in [6.07, 6.45) is 6.25. The van der Waals surface area contributed by atoms with E-state index in [2.05, 4.69) is 20.3 Å². The molecule has 2 aromatic rings. The van der Waals surface area contributed by atoms with Crippen molar-refractivity contribution in [3.05, 3.63) is 48.1 Å². The minimum absolute atomic E-state index is 0.0437. The second kappa shape index (κ2) is 5.01. The van der Waals surface area contributed by atoms with E-state index >= 15 is 0 Å². The summed E-state index contributed by atoms with van der Waals surface area (Å²) in [5.41, 5.74) is -0.783. The largest absolute Gasteiger partial charge is 0.378 e. The molecule has 0 aromatic carbocycles. The molecule has 1 saturated heterocycles. The van der Waals surface area contributed by atoms with Crippen LogP contribution in [0.2, 0.25) is 0 Å². The fourth-order valence-electron chi connectivity index (χ4n) is 2.28. The van der Waals surface area contributed by atoms with Crippen LogP contribution in [-0.2, 0) is 10.3 Å². The van der Waals surface area contributed by atoms with Gasteiger partial charge in [0.15, 0.2) is 5.82 Å². The van der Waals surface area contributed by atoms with Crippen LogP contribution in [0.3, 0.4) is 0 Å². The molecule has 104 valence electrons. The van der Waals surface area contributed by atoms with Crippen LogP contribution in [0.4, 0.5) is 4.39 Å². The summed E-state index contributed by atoms with van der Waals surface area (Å²) < 4.78 is 19.0. The van der Waals surface area contributed by atoms with Crippen LogP contribution in [-0.4, -0.2) is 34.1 Å². The number of H-pyrrole nitrogens is 1. The van der Waals surface area contributed by atoms with Crippen molar-refractivity contribution in [2.24, 2.45) is 0 Å². The molecule has 1 aliphatic rings. The summed E-state index contributed by atoms with van der Waals surface area (Å²) >= 11 is 0. The maximum atomic E-state index is 13.6. The summed E-state index contributed by atoms with van der Waals surface area (Å²) in [7, 11) is 0. The molecule has 1 aliphatic heterocycles. The van der Waals surface area contributed by atoms with Gasteiger partial charge >= 0.3 is 0 Å². The molecule has 0 aliphatic carbocycles. The maximum Gasteiger partial charge on any atom is 0.255 e. The van der Waals surface area contributed by atoms with Crippen molar-refractivity contribution < 1.29 is 13.9 Å². The highest BCUT2D eigenvalue weighted by Crippen LogP contribution is 2.28. The second-order valence-electron chi connectivity index (χ2n) is 4.63. The van der Waals surface area contributed by atoms with Crippen LogP contribution in [0.5, 0.6) is 0 Å². The average molecular weight is 276 g/mol. The number of aromatic nitrogens is 3. The van der Waals surface area contributed by atoms with E-state index in [0.717, 1.165) is 6.20 Å². The molecule has 0 bridgehead atoms. The standard InChI is InChI=1S/C13H13FN4O2/c14-10-7-15-3-1-9(10)11(19)18-13(2-6-20-8-13)12-16-4-5-17-12/h1,3-5,7H,2,6,8H2,(H,16,17)(H,18,19). The van der Waals surface area contributed by atoms with Gasteiger partial charge in [-0.2, -0.15) is 0 Å². The van der Waals surface area contributed by atoms with Gasteiger partial charge in [-0.05, 0) is 6.07 Å². The third-order valence-electron chi connectivity index (χ3n) is 3.34. The number of nitrogens with one attached hydrogen (secondary N) is 2.